The SMILES string of the molecule is COc1ccc(N2CCN(C(=O)c3ccc(-c4ccco4)cc3)[C@@H](C)C2)cc1. The van der Waals surface area contributed by atoms with E-state index in [9.17, 15) is 4.79 Å². The van der Waals surface area contributed by atoms with Crippen molar-refractivity contribution < 1.29 is 13.9 Å². The van der Waals surface area contributed by atoms with Gasteiger partial charge in [0.1, 0.15) is 11.5 Å². The van der Waals surface area contributed by atoms with Crippen LogP contribution in [0.1, 0.15) is 17.3 Å². The van der Waals surface area contributed by atoms with Crippen molar-refractivity contribution in [3.63, 3.8) is 0 Å². The Labute approximate surface area is 165 Å². The number of carbonyl (C=O) groups excluding carboxylic acids is 1. The van der Waals surface area contributed by atoms with E-state index in [1.807, 2.05) is 53.4 Å². The molecule has 144 valence electrons. The Morgan fingerprint density at radius 3 is 2.39 bits per heavy atom. The van der Waals surface area contributed by atoms with Crippen LogP contribution in [0.4, 0.5) is 5.69 Å². The molecule has 1 aliphatic rings. The summed E-state index contributed by atoms with van der Waals surface area (Å²) in [6.07, 6.45) is 1.65. The van der Waals surface area contributed by atoms with Crippen LogP contribution in [0.25, 0.3) is 11.3 Å². The molecule has 1 fully saturated rings. The molecule has 5 heteroatoms. The third-order valence-corrected chi connectivity index (χ3v) is 5.26. The van der Waals surface area contributed by atoms with Crippen molar-refractivity contribution in [1.29, 1.82) is 0 Å². The second kappa shape index (κ2) is 7.80. The Hall–Kier alpha value is -3.21. The van der Waals surface area contributed by atoms with E-state index in [4.69, 9.17) is 9.15 Å². The molecule has 0 saturated carbocycles. The highest BCUT2D eigenvalue weighted by atomic mass is 16.5. The van der Waals surface area contributed by atoms with Crippen molar-refractivity contribution in [3.8, 4) is 17.1 Å². The number of carbonyl (C=O) groups is 1. The standard InChI is InChI=1S/C23H24N2O3/c1-17-16-24(20-9-11-21(27-2)12-10-20)13-14-25(17)23(26)19-7-5-18(6-8-19)22-4-3-15-28-22/h3-12,15,17H,13-14,16H2,1-2H3/t17-/m0/s1. The van der Waals surface area contributed by atoms with E-state index in [0.717, 1.165) is 35.9 Å². The van der Waals surface area contributed by atoms with Crippen LogP contribution in [-0.2, 0) is 0 Å². The average Bonchev–Trinajstić information content (AvgIpc) is 3.28. The molecule has 28 heavy (non-hydrogen) atoms. The molecule has 2 heterocycles. The van der Waals surface area contributed by atoms with Gasteiger partial charge in [-0.25, -0.2) is 0 Å². The van der Waals surface area contributed by atoms with Crippen molar-refractivity contribution in [1.82, 2.24) is 4.90 Å². The van der Waals surface area contributed by atoms with Crippen LogP contribution in [-0.4, -0.2) is 43.6 Å². The molecule has 0 N–H and O–H groups in total. The Morgan fingerprint density at radius 2 is 1.79 bits per heavy atom. The fraction of sp³-hybridized carbons (Fsp3) is 0.261. The van der Waals surface area contributed by atoms with E-state index in [-0.39, 0.29) is 11.9 Å². The molecule has 0 bridgehead atoms. The summed E-state index contributed by atoms with van der Waals surface area (Å²) in [6, 6.07) is 19.6. The molecule has 1 saturated heterocycles. The number of rotatable bonds is 4. The van der Waals surface area contributed by atoms with E-state index < -0.39 is 0 Å². The van der Waals surface area contributed by atoms with Crippen LogP contribution in [0.2, 0.25) is 0 Å². The highest BCUT2D eigenvalue weighted by molar-refractivity contribution is 5.95. The van der Waals surface area contributed by atoms with Gasteiger partial charge < -0.3 is 19.0 Å². The number of benzene rings is 2. The molecular formula is C23H24N2O3. The van der Waals surface area contributed by atoms with Crippen LogP contribution in [0, 0.1) is 0 Å². The Kier molecular flexibility index (Phi) is 5.06. The monoisotopic (exact) mass is 376 g/mol. The minimum atomic E-state index is 0.0767. The maximum Gasteiger partial charge on any atom is 0.254 e. The first kappa shape index (κ1) is 18.2. The molecule has 0 unspecified atom stereocenters. The lowest BCUT2D eigenvalue weighted by Crippen LogP contribution is -2.54. The zero-order valence-corrected chi connectivity index (χ0v) is 16.2. The van der Waals surface area contributed by atoms with Gasteiger partial charge in [-0.1, -0.05) is 12.1 Å². The Bertz CT molecular complexity index is 917. The number of amides is 1. The van der Waals surface area contributed by atoms with Gasteiger partial charge in [0.25, 0.3) is 5.91 Å². The van der Waals surface area contributed by atoms with E-state index >= 15 is 0 Å². The summed E-state index contributed by atoms with van der Waals surface area (Å²) in [5.41, 5.74) is 2.83. The molecule has 3 aromatic rings. The third-order valence-electron chi connectivity index (χ3n) is 5.26. The second-order valence-electron chi connectivity index (χ2n) is 7.05. The Morgan fingerprint density at radius 1 is 1.04 bits per heavy atom. The summed E-state index contributed by atoms with van der Waals surface area (Å²) in [4.78, 5) is 17.3. The minimum Gasteiger partial charge on any atom is -0.497 e. The van der Waals surface area contributed by atoms with E-state index in [0.29, 0.717) is 12.1 Å². The lowest BCUT2D eigenvalue weighted by atomic mass is 10.1. The van der Waals surface area contributed by atoms with Gasteiger partial charge >= 0.3 is 0 Å². The van der Waals surface area contributed by atoms with Crippen molar-refractivity contribution in [3.05, 3.63) is 72.5 Å². The smallest absolute Gasteiger partial charge is 0.254 e. The molecular weight excluding hydrogens is 352 g/mol. The number of furan rings is 1. The molecule has 1 aliphatic heterocycles. The summed E-state index contributed by atoms with van der Waals surface area (Å²) in [6.45, 7) is 4.42. The average molecular weight is 376 g/mol. The summed E-state index contributed by atoms with van der Waals surface area (Å²) in [5, 5.41) is 0. The zero-order valence-electron chi connectivity index (χ0n) is 16.2. The normalized spacial score (nSPS) is 16.9. The van der Waals surface area contributed by atoms with E-state index in [1.54, 1.807) is 13.4 Å². The van der Waals surface area contributed by atoms with Crippen LogP contribution in [0.15, 0.2) is 71.3 Å². The molecule has 1 aromatic heterocycles. The number of ether oxygens (including phenoxy) is 1. The van der Waals surface area contributed by atoms with Gasteiger partial charge in [-0.15, -0.1) is 0 Å². The molecule has 1 atom stereocenters. The maximum atomic E-state index is 13.0. The summed E-state index contributed by atoms with van der Waals surface area (Å²) in [5.74, 6) is 1.73. The topological polar surface area (TPSA) is 45.9 Å². The molecule has 2 aromatic carbocycles. The number of hydrogen-bond donors (Lipinski definition) is 0. The minimum absolute atomic E-state index is 0.0767. The van der Waals surface area contributed by atoms with Crippen LogP contribution in [0.3, 0.4) is 0 Å². The van der Waals surface area contributed by atoms with Gasteiger partial charge in [0.05, 0.1) is 13.4 Å². The van der Waals surface area contributed by atoms with Gasteiger partial charge in [-0.2, -0.15) is 0 Å². The van der Waals surface area contributed by atoms with Gasteiger partial charge in [-0.3, -0.25) is 4.79 Å². The predicted molar refractivity (Wildman–Crippen MR) is 110 cm³/mol. The van der Waals surface area contributed by atoms with Crippen LogP contribution in [0.5, 0.6) is 5.75 Å². The number of nitrogens with zero attached hydrogens (tertiary/aromatic N) is 2. The van der Waals surface area contributed by atoms with E-state index in [1.165, 1.54) is 0 Å². The van der Waals surface area contributed by atoms with Crippen LogP contribution < -0.4 is 9.64 Å². The van der Waals surface area contributed by atoms with E-state index in [2.05, 4.69) is 24.0 Å². The first-order chi connectivity index (χ1) is 13.7. The second-order valence-corrected chi connectivity index (χ2v) is 7.05. The highest BCUT2D eigenvalue weighted by Crippen LogP contribution is 2.24. The molecule has 0 aliphatic carbocycles. The van der Waals surface area contributed by atoms with Gasteiger partial charge in [-0.05, 0) is 55.5 Å². The first-order valence-electron chi connectivity index (χ1n) is 9.49. The fourth-order valence-electron chi connectivity index (χ4n) is 3.67. The molecule has 4 rings (SSSR count). The number of piperazine rings is 1. The van der Waals surface area contributed by atoms with Crippen LogP contribution >= 0.6 is 0 Å². The predicted octanol–water partition coefficient (Wildman–Crippen LogP) is 4.31. The highest BCUT2D eigenvalue weighted by Gasteiger charge is 2.28. The molecule has 1 amide bonds. The lowest BCUT2D eigenvalue weighted by Gasteiger charge is -2.41. The van der Waals surface area contributed by atoms with Gasteiger partial charge in [0, 0.05) is 42.5 Å². The third kappa shape index (κ3) is 3.60. The number of methoxy groups -OCH3 is 1. The first-order valence-corrected chi connectivity index (χ1v) is 9.49. The van der Waals surface area contributed by atoms with Crippen molar-refractivity contribution in [2.45, 2.75) is 13.0 Å². The Balaban J connectivity index is 1.43. The largest absolute Gasteiger partial charge is 0.497 e. The fourth-order valence-corrected chi connectivity index (χ4v) is 3.67. The molecule has 5 nitrogen and oxygen atoms in total. The van der Waals surface area contributed by atoms with Crippen molar-refractivity contribution in [2.75, 3.05) is 31.6 Å². The molecule has 0 radical (unpaired) electrons. The summed E-state index contributed by atoms with van der Waals surface area (Å²) >= 11 is 0. The van der Waals surface area contributed by atoms with Gasteiger partial charge in [0.15, 0.2) is 0 Å². The quantitative estimate of drug-likeness (QED) is 0.681. The molecule has 0 spiro atoms. The summed E-state index contributed by atoms with van der Waals surface area (Å²) in [7, 11) is 1.67. The maximum absolute atomic E-state index is 13.0. The van der Waals surface area contributed by atoms with Crippen molar-refractivity contribution in [2.24, 2.45) is 0 Å². The number of hydrogen-bond acceptors (Lipinski definition) is 4. The van der Waals surface area contributed by atoms with Crippen molar-refractivity contribution >= 4 is 11.6 Å². The lowest BCUT2D eigenvalue weighted by molar-refractivity contribution is 0.0674. The van der Waals surface area contributed by atoms with Gasteiger partial charge in [0.2, 0.25) is 0 Å². The zero-order chi connectivity index (χ0) is 19.5. The number of anilines is 1. The summed E-state index contributed by atoms with van der Waals surface area (Å²) < 4.78 is 10.6.